The molecular formula is C31H35O3P. The minimum atomic E-state index is -4.37. The van der Waals surface area contributed by atoms with Gasteiger partial charge >= 0.3 is 210 Å². The Morgan fingerprint density at radius 3 is 1.46 bits per heavy atom. The van der Waals surface area contributed by atoms with E-state index in [9.17, 15) is 0 Å². The molecular weight excluding hydrogens is 451 g/mol. The first-order valence-corrected chi connectivity index (χ1v) is 14.0. The monoisotopic (exact) mass is 486 g/mol. The molecule has 0 atom stereocenters. The van der Waals surface area contributed by atoms with E-state index in [1.165, 1.54) is 0 Å². The number of hydrogen-bond donors (Lipinski definition) is 0. The van der Waals surface area contributed by atoms with Crippen molar-refractivity contribution in [1.82, 2.24) is 0 Å². The number of hydrogen-bond acceptors (Lipinski definition) is 3. The Morgan fingerprint density at radius 1 is 0.514 bits per heavy atom. The molecule has 0 heterocycles. The van der Waals surface area contributed by atoms with E-state index in [1.807, 2.05) is 72.8 Å². The summed E-state index contributed by atoms with van der Waals surface area (Å²) >= 11 is 0. The molecule has 0 bridgehead atoms. The average Bonchev–Trinajstić information content (AvgIpc) is 2.81. The van der Waals surface area contributed by atoms with E-state index in [-0.39, 0.29) is 0 Å². The molecule has 0 fully saturated rings. The summed E-state index contributed by atoms with van der Waals surface area (Å²) in [7, 11) is -4.37. The van der Waals surface area contributed by atoms with Crippen LogP contribution in [0.25, 0.3) is 0 Å². The van der Waals surface area contributed by atoms with E-state index in [0.29, 0.717) is 5.75 Å². The molecule has 0 unspecified atom stereocenters. The Labute approximate surface area is 209 Å². The van der Waals surface area contributed by atoms with Crippen molar-refractivity contribution in [1.29, 1.82) is 0 Å². The molecule has 4 rings (SSSR count). The predicted octanol–water partition coefficient (Wildman–Crippen LogP) is 7.83. The third-order valence-electron chi connectivity index (χ3n) is 5.87. The van der Waals surface area contributed by atoms with Gasteiger partial charge < -0.3 is 0 Å². The second-order valence-electron chi connectivity index (χ2n) is 9.92. The van der Waals surface area contributed by atoms with Gasteiger partial charge in [0, 0.05) is 0 Å². The van der Waals surface area contributed by atoms with Gasteiger partial charge in [-0.3, -0.25) is 0 Å². The van der Waals surface area contributed by atoms with E-state index in [4.69, 9.17) is 13.6 Å². The molecule has 0 aliphatic carbocycles. The molecule has 4 aromatic rings. The van der Waals surface area contributed by atoms with Crippen molar-refractivity contribution in [3.8, 4) is 11.5 Å². The van der Waals surface area contributed by atoms with Crippen LogP contribution >= 0.6 is 7.28 Å². The summed E-state index contributed by atoms with van der Waals surface area (Å²) in [6, 6.07) is 34.4. The van der Waals surface area contributed by atoms with Crippen molar-refractivity contribution in [2.75, 3.05) is 0 Å². The van der Waals surface area contributed by atoms with E-state index in [0.717, 1.165) is 33.0 Å². The van der Waals surface area contributed by atoms with Gasteiger partial charge in [0.15, 0.2) is 0 Å². The number of para-hydroxylation sites is 2. The van der Waals surface area contributed by atoms with Crippen LogP contribution in [0, 0.1) is 20.8 Å². The first-order valence-electron chi connectivity index (χ1n) is 12.0. The third kappa shape index (κ3) is 4.85. The zero-order valence-corrected chi connectivity index (χ0v) is 22.4. The van der Waals surface area contributed by atoms with Crippen LogP contribution in [-0.2, 0) is 4.52 Å². The van der Waals surface area contributed by atoms with Crippen LogP contribution in [0.5, 0.6) is 11.5 Å². The van der Waals surface area contributed by atoms with Crippen molar-refractivity contribution in [3.63, 3.8) is 0 Å². The topological polar surface area (TPSA) is 27.7 Å². The van der Waals surface area contributed by atoms with Crippen LogP contribution in [-0.4, -0.2) is 5.60 Å². The Morgan fingerprint density at radius 2 is 0.971 bits per heavy atom. The van der Waals surface area contributed by atoms with Gasteiger partial charge in [-0.15, -0.1) is 0 Å². The SMILES string of the molecule is Cc1ccccc1OP(Oc1ccccc1)(OC(C)(C)C)(c1ccccc1C)c1ccccc1C. The molecule has 4 heteroatoms. The van der Waals surface area contributed by atoms with Gasteiger partial charge in [-0.05, 0) is 0 Å². The fourth-order valence-electron chi connectivity index (χ4n) is 4.48. The summed E-state index contributed by atoms with van der Waals surface area (Å²) in [6.45, 7) is 12.4. The van der Waals surface area contributed by atoms with Crippen LogP contribution in [0.2, 0.25) is 0 Å². The molecule has 0 aliphatic rings. The first kappa shape index (κ1) is 25.0. The maximum atomic E-state index is 7.32. The molecule has 35 heavy (non-hydrogen) atoms. The fraction of sp³-hybridized carbons (Fsp3) is 0.226. The summed E-state index contributed by atoms with van der Waals surface area (Å²) in [4.78, 5) is 0. The Hall–Kier alpha value is -3.13. The minimum absolute atomic E-state index is 0.597. The molecule has 3 nitrogen and oxygen atoms in total. The summed E-state index contributed by atoms with van der Waals surface area (Å²) in [5, 5.41) is 1.82. The molecule has 0 saturated heterocycles. The molecule has 0 N–H and O–H groups in total. The van der Waals surface area contributed by atoms with E-state index in [1.54, 1.807) is 0 Å². The Balaban J connectivity index is 2.22. The molecule has 0 saturated carbocycles. The number of aryl methyl sites for hydroxylation is 3. The normalized spacial score (nSPS) is 13.0. The summed E-state index contributed by atoms with van der Waals surface area (Å²) in [5.74, 6) is 1.42. The third-order valence-corrected chi connectivity index (χ3v) is 10.5. The molecule has 182 valence electrons. The van der Waals surface area contributed by atoms with Crippen molar-refractivity contribution in [3.05, 3.63) is 120 Å². The second kappa shape index (κ2) is 9.49. The zero-order chi connectivity index (χ0) is 25.1. The fourth-order valence-corrected chi connectivity index (χ4v) is 9.56. The van der Waals surface area contributed by atoms with Crippen molar-refractivity contribution in [2.45, 2.75) is 47.1 Å². The number of benzene rings is 4. The van der Waals surface area contributed by atoms with Gasteiger partial charge in [0.05, 0.1) is 0 Å². The van der Waals surface area contributed by atoms with Gasteiger partial charge in [0.2, 0.25) is 0 Å². The van der Waals surface area contributed by atoms with Crippen molar-refractivity contribution in [2.24, 2.45) is 0 Å². The average molecular weight is 487 g/mol. The molecule has 0 aliphatic heterocycles. The first-order chi connectivity index (χ1) is 16.6. The molecule has 0 radical (unpaired) electrons. The van der Waals surface area contributed by atoms with Gasteiger partial charge in [0.1, 0.15) is 0 Å². The van der Waals surface area contributed by atoms with Crippen molar-refractivity contribution < 1.29 is 13.6 Å². The summed E-state index contributed by atoms with van der Waals surface area (Å²) < 4.78 is 21.9. The van der Waals surface area contributed by atoms with Crippen LogP contribution in [0.4, 0.5) is 0 Å². The summed E-state index contributed by atoms with van der Waals surface area (Å²) in [6.07, 6.45) is 0. The summed E-state index contributed by atoms with van der Waals surface area (Å²) in [5.41, 5.74) is 2.50. The van der Waals surface area contributed by atoms with Gasteiger partial charge in [-0.25, -0.2) is 0 Å². The van der Waals surface area contributed by atoms with E-state index < -0.39 is 12.9 Å². The van der Waals surface area contributed by atoms with E-state index in [2.05, 4.69) is 71.9 Å². The zero-order valence-electron chi connectivity index (χ0n) is 21.5. The molecule has 0 aromatic heterocycles. The number of rotatable bonds is 7. The van der Waals surface area contributed by atoms with E-state index >= 15 is 0 Å². The van der Waals surface area contributed by atoms with Crippen molar-refractivity contribution >= 4 is 17.9 Å². The quantitative estimate of drug-likeness (QED) is 0.249. The van der Waals surface area contributed by atoms with Crippen LogP contribution in [0.3, 0.4) is 0 Å². The maximum absolute atomic E-state index is 7.32. The van der Waals surface area contributed by atoms with Gasteiger partial charge in [-0.2, -0.15) is 0 Å². The van der Waals surface area contributed by atoms with Crippen LogP contribution in [0.1, 0.15) is 37.5 Å². The Bertz CT molecular complexity index is 1260. The van der Waals surface area contributed by atoms with Gasteiger partial charge in [-0.1, -0.05) is 0 Å². The molecule has 0 spiro atoms. The van der Waals surface area contributed by atoms with Crippen LogP contribution in [0.15, 0.2) is 103 Å². The van der Waals surface area contributed by atoms with Gasteiger partial charge in [0.25, 0.3) is 0 Å². The van der Waals surface area contributed by atoms with Crippen LogP contribution < -0.4 is 19.7 Å². The predicted molar refractivity (Wildman–Crippen MR) is 148 cm³/mol. The standard InChI is InChI=1S/C31H35O3P/c1-24-16-10-13-21-28(24)33-35(34-31(4,5)6,29-22-14-11-17-25(29)2,30-23-15-12-18-26(30)3)32-27-19-8-7-9-20-27/h7-23H,1-6H3. The Kier molecular flexibility index (Phi) is 6.77. The second-order valence-corrected chi connectivity index (χ2v) is 13.2. The molecule has 4 aromatic carbocycles. The molecule has 0 amide bonds.